The average Bonchev–Trinajstić information content (AvgIpc) is 2.62. The number of pyridine rings is 1. The van der Waals surface area contributed by atoms with E-state index in [0.717, 1.165) is 11.4 Å². The van der Waals surface area contributed by atoms with E-state index in [1.807, 2.05) is 19.9 Å². The third-order valence-electron chi connectivity index (χ3n) is 4.06. The number of Topliss-reactive ketones (excluding diaryl/α,β-unsaturated/α-hetero) is 1. The first kappa shape index (κ1) is 18.3. The first-order valence-electron chi connectivity index (χ1n) is 8.64. The number of carbonyl (C=O) groups excluding carboxylic acids is 2. The van der Waals surface area contributed by atoms with Crippen LogP contribution in [0.25, 0.3) is 0 Å². The van der Waals surface area contributed by atoms with Gasteiger partial charge in [0.25, 0.3) is 5.91 Å². The molecule has 1 heterocycles. The number of rotatable bonds is 5. The molecular weight excluding hydrogens is 338 g/mol. The molecule has 0 aliphatic heterocycles. The second kappa shape index (κ2) is 7.83. The molecule has 0 aliphatic carbocycles. The molecule has 1 aromatic heterocycles. The minimum Gasteiger partial charge on any atom is -0.354 e. The Morgan fingerprint density at radius 1 is 0.815 bits per heavy atom. The number of nitrogens with one attached hydrogen (secondary N) is 2. The molecule has 0 spiro atoms. The SMILES string of the molecule is CC(=O)c1ccc(NC(=O)c2ccc(Nc3cc(C)cc(C)c3)cn2)cc1. The fourth-order valence-electron chi connectivity index (χ4n) is 2.80. The zero-order valence-electron chi connectivity index (χ0n) is 15.5. The van der Waals surface area contributed by atoms with Crippen molar-refractivity contribution in [3.63, 3.8) is 0 Å². The lowest BCUT2D eigenvalue weighted by Gasteiger charge is -2.09. The van der Waals surface area contributed by atoms with Crippen LogP contribution in [0.4, 0.5) is 17.1 Å². The van der Waals surface area contributed by atoms with Crippen LogP contribution >= 0.6 is 0 Å². The molecule has 0 fully saturated rings. The van der Waals surface area contributed by atoms with Crippen molar-refractivity contribution in [1.29, 1.82) is 0 Å². The summed E-state index contributed by atoms with van der Waals surface area (Å²) in [5, 5.41) is 6.07. The van der Waals surface area contributed by atoms with Gasteiger partial charge in [-0.1, -0.05) is 6.07 Å². The van der Waals surface area contributed by atoms with E-state index in [-0.39, 0.29) is 11.7 Å². The topological polar surface area (TPSA) is 71.1 Å². The fraction of sp³-hybridized carbons (Fsp3) is 0.136. The zero-order chi connectivity index (χ0) is 19.4. The summed E-state index contributed by atoms with van der Waals surface area (Å²) in [5.74, 6) is -0.315. The Morgan fingerprint density at radius 2 is 1.44 bits per heavy atom. The normalized spacial score (nSPS) is 10.3. The van der Waals surface area contributed by atoms with E-state index < -0.39 is 0 Å². The van der Waals surface area contributed by atoms with E-state index in [2.05, 4.69) is 33.8 Å². The highest BCUT2D eigenvalue weighted by Gasteiger charge is 2.08. The standard InChI is InChI=1S/C22H21N3O2/c1-14-10-15(2)12-20(11-14)24-19-8-9-21(23-13-19)22(27)25-18-6-4-17(5-7-18)16(3)26/h4-13,24H,1-3H3,(H,25,27). The Bertz CT molecular complexity index is 957. The maximum Gasteiger partial charge on any atom is 0.274 e. The molecule has 5 nitrogen and oxygen atoms in total. The number of carbonyl (C=O) groups is 2. The van der Waals surface area contributed by atoms with Crippen molar-refractivity contribution in [3.8, 4) is 0 Å². The van der Waals surface area contributed by atoms with Gasteiger partial charge >= 0.3 is 0 Å². The van der Waals surface area contributed by atoms with Crippen LogP contribution in [0.5, 0.6) is 0 Å². The van der Waals surface area contributed by atoms with Crippen molar-refractivity contribution in [2.75, 3.05) is 10.6 Å². The van der Waals surface area contributed by atoms with Gasteiger partial charge in [-0.2, -0.15) is 0 Å². The van der Waals surface area contributed by atoms with E-state index in [4.69, 9.17) is 0 Å². The van der Waals surface area contributed by atoms with Gasteiger partial charge < -0.3 is 10.6 Å². The number of aromatic nitrogens is 1. The molecule has 0 aliphatic rings. The summed E-state index contributed by atoms with van der Waals surface area (Å²) >= 11 is 0. The summed E-state index contributed by atoms with van der Waals surface area (Å²) in [6, 6.07) is 16.5. The third kappa shape index (κ3) is 4.79. The highest BCUT2D eigenvalue weighted by molar-refractivity contribution is 6.03. The van der Waals surface area contributed by atoms with Crippen LogP contribution in [-0.2, 0) is 0 Å². The Morgan fingerprint density at radius 3 is 2.00 bits per heavy atom. The van der Waals surface area contributed by atoms with Crippen molar-refractivity contribution in [2.24, 2.45) is 0 Å². The molecule has 0 radical (unpaired) electrons. The Labute approximate surface area is 158 Å². The minimum atomic E-state index is -0.302. The summed E-state index contributed by atoms with van der Waals surface area (Å²) < 4.78 is 0. The number of nitrogens with zero attached hydrogens (tertiary/aromatic N) is 1. The van der Waals surface area contributed by atoms with Gasteiger partial charge in [-0.3, -0.25) is 9.59 Å². The van der Waals surface area contributed by atoms with Gasteiger partial charge in [0.1, 0.15) is 5.69 Å². The molecule has 3 rings (SSSR count). The monoisotopic (exact) mass is 359 g/mol. The van der Waals surface area contributed by atoms with E-state index in [0.29, 0.717) is 16.9 Å². The highest BCUT2D eigenvalue weighted by Crippen LogP contribution is 2.19. The number of hydrogen-bond acceptors (Lipinski definition) is 4. The highest BCUT2D eigenvalue weighted by atomic mass is 16.2. The lowest BCUT2D eigenvalue weighted by atomic mass is 10.1. The predicted molar refractivity (Wildman–Crippen MR) is 108 cm³/mol. The summed E-state index contributed by atoms with van der Waals surface area (Å²) in [7, 11) is 0. The third-order valence-corrected chi connectivity index (χ3v) is 4.06. The van der Waals surface area contributed by atoms with Gasteiger partial charge in [-0.05, 0) is 80.4 Å². The Hall–Kier alpha value is -3.47. The van der Waals surface area contributed by atoms with Crippen LogP contribution in [-0.4, -0.2) is 16.7 Å². The Kier molecular flexibility index (Phi) is 5.31. The molecule has 136 valence electrons. The molecule has 0 unspecified atom stereocenters. The van der Waals surface area contributed by atoms with Crippen molar-refractivity contribution >= 4 is 28.8 Å². The summed E-state index contributed by atoms with van der Waals surface area (Å²) in [5.41, 5.74) is 5.68. The minimum absolute atomic E-state index is 0.0126. The van der Waals surface area contributed by atoms with Crippen LogP contribution < -0.4 is 10.6 Å². The average molecular weight is 359 g/mol. The molecule has 2 aromatic carbocycles. The van der Waals surface area contributed by atoms with Crippen molar-refractivity contribution in [2.45, 2.75) is 20.8 Å². The molecule has 1 amide bonds. The van der Waals surface area contributed by atoms with E-state index in [1.54, 1.807) is 36.5 Å². The number of benzene rings is 2. The number of aryl methyl sites for hydroxylation is 2. The molecule has 0 bridgehead atoms. The van der Waals surface area contributed by atoms with Crippen LogP contribution in [0.1, 0.15) is 38.9 Å². The lowest BCUT2D eigenvalue weighted by Crippen LogP contribution is -2.13. The largest absolute Gasteiger partial charge is 0.354 e. The quantitative estimate of drug-likeness (QED) is 0.636. The molecule has 2 N–H and O–H groups in total. The van der Waals surface area contributed by atoms with Gasteiger partial charge in [0.05, 0.1) is 11.9 Å². The summed E-state index contributed by atoms with van der Waals surface area (Å²) in [4.78, 5) is 27.9. The van der Waals surface area contributed by atoms with E-state index in [1.165, 1.54) is 18.1 Å². The van der Waals surface area contributed by atoms with Crippen LogP contribution in [0.2, 0.25) is 0 Å². The first-order valence-corrected chi connectivity index (χ1v) is 8.64. The van der Waals surface area contributed by atoms with Crippen molar-refractivity contribution < 1.29 is 9.59 Å². The van der Waals surface area contributed by atoms with Gasteiger partial charge in [0.15, 0.2) is 5.78 Å². The van der Waals surface area contributed by atoms with Gasteiger partial charge in [-0.25, -0.2) is 4.98 Å². The van der Waals surface area contributed by atoms with E-state index in [9.17, 15) is 9.59 Å². The number of amides is 1. The molecule has 0 saturated carbocycles. The van der Waals surface area contributed by atoms with Crippen molar-refractivity contribution in [3.05, 3.63) is 83.2 Å². The van der Waals surface area contributed by atoms with Gasteiger partial charge in [-0.15, -0.1) is 0 Å². The Balaban J connectivity index is 1.67. The molecule has 3 aromatic rings. The molecule has 0 atom stereocenters. The van der Waals surface area contributed by atoms with Crippen molar-refractivity contribution in [1.82, 2.24) is 4.98 Å². The van der Waals surface area contributed by atoms with Gasteiger partial charge in [0.2, 0.25) is 0 Å². The number of hydrogen-bond donors (Lipinski definition) is 2. The van der Waals surface area contributed by atoms with E-state index >= 15 is 0 Å². The smallest absolute Gasteiger partial charge is 0.274 e. The second-order valence-corrected chi connectivity index (χ2v) is 6.52. The van der Waals surface area contributed by atoms with Gasteiger partial charge in [0, 0.05) is 16.9 Å². The molecule has 5 heteroatoms. The zero-order valence-corrected chi connectivity index (χ0v) is 15.5. The first-order chi connectivity index (χ1) is 12.9. The summed E-state index contributed by atoms with van der Waals surface area (Å²) in [6.07, 6.45) is 1.63. The number of ketones is 1. The second-order valence-electron chi connectivity index (χ2n) is 6.52. The molecular formula is C22H21N3O2. The number of anilines is 3. The maximum atomic E-state index is 12.3. The molecule has 0 saturated heterocycles. The van der Waals surface area contributed by atoms with Crippen LogP contribution in [0, 0.1) is 13.8 Å². The fourth-order valence-corrected chi connectivity index (χ4v) is 2.80. The lowest BCUT2D eigenvalue weighted by molar-refractivity contribution is 0.101. The van der Waals surface area contributed by atoms with Crippen LogP contribution in [0.3, 0.4) is 0 Å². The van der Waals surface area contributed by atoms with Crippen LogP contribution in [0.15, 0.2) is 60.8 Å². The molecule has 27 heavy (non-hydrogen) atoms. The maximum absolute atomic E-state index is 12.3. The summed E-state index contributed by atoms with van der Waals surface area (Å²) in [6.45, 7) is 5.60. The predicted octanol–water partition coefficient (Wildman–Crippen LogP) is 4.90.